The number of nitrogens with two attached hydrogens (primary N) is 1. The number of hydrogen-bond donors (Lipinski definition) is 3. The third-order valence-electron chi connectivity index (χ3n) is 6.66. The van der Waals surface area contributed by atoms with Gasteiger partial charge in [0.15, 0.2) is 11.6 Å². The fourth-order valence-electron chi connectivity index (χ4n) is 4.50. The molecule has 3 aromatic rings. The predicted molar refractivity (Wildman–Crippen MR) is 158 cm³/mol. The van der Waals surface area contributed by atoms with Crippen LogP contribution in [0.4, 0.5) is 11.6 Å². The number of amides is 1. The van der Waals surface area contributed by atoms with Gasteiger partial charge >= 0.3 is 5.97 Å². The molecule has 1 fully saturated rings. The number of nitrogens with one attached hydrogen (secondary N) is 2. The maximum atomic E-state index is 13.3. The zero-order valence-corrected chi connectivity index (χ0v) is 24.5. The van der Waals surface area contributed by atoms with Crippen molar-refractivity contribution < 1.29 is 14.3 Å². The molecule has 2 atom stereocenters. The van der Waals surface area contributed by atoms with Crippen molar-refractivity contribution in [2.24, 2.45) is 0 Å². The van der Waals surface area contributed by atoms with Gasteiger partial charge in [-0.2, -0.15) is 0 Å². The molecule has 2 aromatic carbocycles. The Morgan fingerprint density at radius 1 is 1.15 bits per heavy atom. The Hall–Kier alpha value is -3.40. The monoisotopic (exact) mass is 584 g/mol. The standard InChI is InChI=1S/C29H34Cl2N6O3/c1-29(2,3)40-28(39)23-14-19(12-13-33-23)37(4)27(38)18-10-8-17(9-11-18)24-16-34-25(32)26(36-24)35-15-20-21(30)6-5-7-22(20)31/h5-11,16,19,23,33H,12-15H2,1-4H3,(H2,32,34)(H,35,36). The first-order valence-corrected chi connectivity index (χ1v) is 13.8. The first-order valence-electron chi connectivity index (χ1n) is 13.1. The van der Waals surface area contributed by atoms with Crippen LogP contribution in [0.3, 0.4) is 0 Å². The number of rotatable bonds is 7. The number of anilines is 2. The summed E-state index contributed by atoms with van der Waals surface area (Å²) in [4.78, 5) is 36.4. The van der Waals surface area contributed by atoms with Gasteiger partial charge in [0.25, 0.3) is 5.91 Å². The van der Waals surface area contributed by atoms with Gasteiger partial charge in [-0.25, -0.2) is 9.97 Å². The highest BCUT2D eigenvalue weighted by molar-refractivity contribution is 6.36. The first kappa shape index (κ1) is 29.6. The predicted octanol–water partition coefficient (Wildman–Crippen LogP) is 5.18. The summed E-state index contributed by atoms with van der Waals surface area (Å²) in [6, 6.07) is 11.9. The lowest BCUT2D eigenvalue weighted by molar-refractivity contribution is -0.158. The fourth-order valence-corrected chi connectivity index (χ4v) is 5.03. The number of esters is 1. The van der Waals surface area contributed by atoms with Crippen LogP contribution >= 0.6 is 23.2 Å². The van der Waals surface area contributed by atoms with E-state index in [1.165, 1.54) is 0 Å². The van der Waals surface area contributed by atoms with Crippen LogP contribution in [-0.2, 0) is 16.1 Å². The van der Waals surface area contributed by atoms with E-state index in [9.17, 15) is 9.59 Å². The first-order chi connectivity index (χ1) is 18.9. The molecule has 4 N–H and O–H groups in total. The van der Waals surface area contributed by atoms with Crippen LogP contribution in [0.25, 0.3) is 11.3 Å². The number of hydrogen-bond acceptors (Lipinski definition) is 8. The number of nitrogens with zero attached hydrogens (tertiary/aromatic N) is 3. The number of ether oxygens (including phenoxy) is 1. The average molecular weight is 586 g/mol. The summed E-state index contributed by atoms with van der Waals surface area (Å²) in [6.07, 6.45) is 2.82. The smallest absolute Gasteiger partial charge is 0.323 e. The zero-order valence-electron chi connectivity index (χ0n) is 23.0. The van der Waals surface area contributed by atoms with E-state index in [-0.39, 0.29) is 23.7 Å². The zero-order chi connectivity index (χ0) is 29.0. The molecule has 0 radical (unpaired) electrons. The molecular formula is C29H34Cl2N6O3. The van der Waals surface area contributed by atoms with Gasteiger partial charge < -0.3 is 26.0 Å². The molecule has 4 rings (SSSR count). The molecule has 0 saturated carbocycles. The van der Waals surface area contributed by atoms with E-state index in [2.05, 4.69) is 20.6 Å². The maximum absolute atomic E-state index is 13.3. The highest BCUT2D eigenvalue weighted by Gasteiger charge is 2.33. The molecule has 9 nitrogen and oxygen atoms in total. The van der Waals surface area contributed by atoms with E-state index in [1.807, 2.05) is 32.9 Å². The summed E-state index contributed by atoms with van der Waals surface area (Å²) in [5, 5.41) is 7.45. The molecule has 0 aliphatic carbocycles. The molecule has 2 unspecified atom stereocenters. The SMILES string of the molecule is CN(C(=O)c1ccc(-c2cnc(N)c(NCc3c(Cl)cccc3Cl)n2)cc1)C1CCNC(C(=O)OC(C)(C)C)C1. The lowest BCUT2D eigenvalue weighted by atomic mass is 9.97. The second-order valence-electron chi connectivity index (χ2n) is 10.8. The molecule has 1 aliphatic heterocycles. The van der Waals surface area contributed by atoms with Gasteiger partial charge in [0.2, 0.25) is 0 Å². The minimum absolute atomic E-state index is 0.0887. The number of nitrogen functional groups attached to an aromatic ring is 1. The van der Waals surface area contributed by atoms with Crippen LogP contribution in [0.1, 0.15) is 49.5 Å². The van der Waals surface area contributed by atoms with Crippen molar-refractivity contribution >= 4 is 46.7 Å². The second kappa shape index (κ2) is 12.4. The van der Waals surface area contributed by atoms with Gasteiger partial charge in [-0.05, 0) is 64.4 Å². The van der Waals surface area contributed by atoms with Crippen LogP contribution in [0, 0.1) is 0 Å². The normalized spacial score (nSPS) is 17.2. The van der Waals surface area contributed by atoms with E-state index in [0.29, 0.717) is 46.6 Å². The molecule has 2 heterocycles. The minimum atomic E-state index is -0.565. The second-order valence-corrected chi connectivity index (χ2v) is 11.6. The van der Waals surface area contributed by atoms with E-state index >= 15 is 0 Å². The van der Waals surface area contributed by atoms with Crippen LogP contribution in [-0.4, -0.2) is 58.0 Å². The van der Waals surface area contributed by atoms with Crippen LogP contribution in [0.15, 0.2) is 48.7 Å². The summed E-state index contributed by atoms with van der Waals surface area (Å²) < 4.78 is 5.53. The topological polar surface area (TPSA) is 122 Å². The van der Waals surface area contributed by atoms with Crippen molar-refractivity contribution in [3.05, 3.63) is 69.8 Å². The Morgan fingerprint density at radius 3 is 2.48 bits per heavy atom. The van der Waals surface area contributed by atoms with Crippen molar-refractivity contribution in [3.63, 3.8) is 0 Å². The van der Waals surface area contributed by atoms with Crippen molar-refractivity contribution in [3.8, 4) is 11.3 Å². The molecule has 1 amide bonds. The van der Waals surface area contributed by atoms with Crippen LogP contribution in [0.5, 0.6) is 0 Å². The average Bonchev–Trinajstić information content (AvgIpc) is 2.92. The molecule has 40 heavy (non-hydrogen) atoms. The molecule has 1 aromatic heterocycles. The Morgan fingerprint density at radius 2 is 1.82 bits per heavy atom. The molecule has 11 heteroatoms. The fraction of sp³-hybridized carbons (Fsp3) is 0.379. The van der Waals surface area contributed by atoms with Crippen molar-refractivity contribution in [2.45, 2.75) is 57.8 Å². The Bertz CT molecular complexity index is 1360. The largest absolute Gasteiger partial charge is 0.459 e. The summed E-state index contributed by atoms with van der Waals surface area (Å²) >= 11 is 12.5. The summed E-state index contributed by atoms with van der Waals surface area (Å²) in [5.41, 5.74) is 8.12. The van der Waals surface area contributed by atoms with Crippen LogP contribution < -0.4 is 16.4 Å². The van der Waals surface area contributed by atoms with Gasteiger partial charge in [0.05, 0.1) is 11.9 Å². The Labute approximate surface area is 244 Å². The Kier molecular flexibility index (Phi) is 9.18. The Balaban J connectivity index is 1.43. The highest BCUT2D eigenvalue weighted by Crippen LogP contribution is 2.27. The maximum Gasteiger partial charge on any atom is 0.323 e. The number of piperidine rings is 1. The van der Waals surface area contributed by atoms with Gasteiger partial charge in [0, 0.05) is 46.4 Å². The van der Waals surface area contributed by atoms with E-state index in [1.54, 1.807) is 48.5 Å². The van der Waals surface area contributed by atoms with Gasteiger partial charge in [0.1, 0.15) is 11.6 Å². The molecule has 1 saturated heterocycles. The van der Waals surface area contributed by atoms with E-state index in [4.69, 9.17) is 33.7 Å². The molecule has 0 spiro atoms. The molecule has 1 aliphatic rings. The quantitative estimate of drug-likeness (QED) is 0.325. The third-order valence-corrected chi connectivity index (χ3v) is 7.37. The number of benzene rings is 2. The summed E-state index contributed by atoms with van der Waals surface area (Å²) in [6.45, 7) is 6.48. The lowest BCUT2D eigenvalue weighted by Gasteiger charge is -2.36. The van der Waals surface area contributed by atoms with E-state index < -0.39 is 11.6 Å². The van der Waals surface area contributed by atoms with Crippen molar-refractivity contribution in [2.75, 3.05) is 24.6 Å². The number of carbonyl (C=O) groups is 2. The summed E-state index contributed by atoms with van der Waals surface area (Å²) in [7, 11) is 1.77. The van der Waals surface area contributed by atoms with Gasteiger partial charge in [-0.3, -0.25) is 9.59 Å². The highest BCUT2D eigenvalue weighted by atomic mass is 35.5. The number of halogens is 2. The van der Waals surface area contributed by atoms with Gasteiger partial charge in [-0.15, -0.1) is 0 Å². The third kappa shape index (κ3) is 7.21. The van der Waals surface area contributed by atoms with Crippen molar-refractivity contribution in [1.82, 2.24) is 20.2 Å². The van der Waals surface area contributed by atoms with E-state index in [0.717, 1.165) is 17.5 Å². The number of carbonyl (C=O) groups excluding carboxylic acids is 2. The lowest BCUT2D eigenvalue weighted by Crippen LogP contribution is -2.52. The summed E-state index contributed by atoms with van der Waals surface area (Å²) in [5.74, 6) is 0.227. The molecule has 212 valence electrons. The molecular weight excluding hydrogens is 551 g/mol. The minimum Gasteiger partial charge on any atom is -0.459 e. The molecule has 0 bridgehead atoms. The van der Waals surface area contributed by atoms with Crippen molar-refractivity contribution in [1.29, 1.82) is 0 Å². The van der Waals surface area contributed by atoms with Crippen LogP contribution in [0.2, 0.25) is 10.0 Å². The number of aromatic nitrogens is 2. The van der Waals surface area contributed by atoms with Gasteiger partial charge in [-0.1, -0.05) is 41.4 Å².